The molecule has 0 bridgehead atoms. The topological polar surface area (TPSA) is 40.6 Å². The van der Waals surface area contributed by atoms with Crippen molar-refractivity contribution in [1.29, 1.82) is 0 Å². The van der Waals surface area contributed by atoms with E-state index in [2.05, 4.69) is 22.5 Å². The van der Waals surface area contributed by atoms with Crippen molar-refractivity contribution in [3.05, 3.63) is 45.3 Å². The van der Waals surface area contributed by atoms with Crippen molar-refractivity contribution in [3.8, 4) is 0 Å². The van der Waals surface area contributed by atoms with Gasteiger partial charge in [-0.2, -0.15) is 0 Å². The van der Waals surface area contributed by atoms with Gasteiger partial charge in [0, 0.05) is 23.6 Å². The zero-order chi connectivity index (χ0) is 16.9. The summed E-state index contributed by atoms with van der Waals surface area (Å²) in [4.78, 5) is 28.8. The van der Waals surface area contributed by atoms with E-state index >= 15 is 0 Å². The van der Waals surface area contributed by atoms with Gasteiger partial charge in [-0.1, -0.05) is 30.1 Å². The minimum atomic E-state index is -0.234. The van der Waals surface area contributed by atoms with Crippen molar-refractivity contribution in [2.75, 3.05) is 18.5 Å². The number of likely N-dealkylation sites (N-methyl/N-ethyl adjacent to an activating group) is 1. The van der Waals surface area contributed by atoms with E-state index in [4.69, 9.17) is 12.2 Å². The predicted molar refractivity (Wildman–Crippen MR) is 101 cm³/mol. The average Bonchev–Trinajstić information content (AvgIpc) is 2.88. The lowest BCUT2D eigenvalue weighted by molar-refractivity contribution is -0.122. The maximum Gasteiger partial charge on any atom is 0.267 e. The summed E-state index contributed by atoms with van der Waals surface area (Å²) >= 11 is 9.95. The number of aryl methyl sites for hydroxylation is 1. The molecule has 1 aromatic rings. The number of halogens is 1. The molecule has 0 unspecified atom stereocenters. The molecule has 1 aromatic carbocycles. The molecule has 0 radical (unpaired) electrons. The Morgan fingerprint density at radius 2 is 2.04 bits per heavy atom. The lowest BCUT2D eigenvalue weighted by atomic mass is 10.0. The highest BCUT2D eigenvalue weighted by molar-refractivity contribution is 9.10. The molecule has 0 saturated carbocycles. The third-order valence-corrected chi connectivity index (χ3v) is 5.77. The molecule has 3 rings (SSSR count). The fourth-order valence-corrected chi connectivity index (χ4v) is 4.89. The van der Waals surface area contributed by atoms with Crippen LogP contribution in [0.4, 0.5) is 5.69 Å². The smallest absolute Gasteiger partial charge is 0.267 e. The van der Waals surface area contributed by atoms with Crippen LogP contribution in [0.2, 0.25) is 0 Å². The van der Waals surface area contributed by atoms with Gasteiger partial charge in [0.2, 0.25) is 0 Å². The third-order valence-electron chi connectivity index (χ3n) is 3.72. The van der Waals surface area contributed by atoms with Gasteiger partial charge in [0.1, 0.15) is 4.32 Å². The van der Waals surface area contributed by atoms with Crippen LogP contribution in [0.1, 0.15) is 11.1 Å². The molecule has 2 amide bonds. The number of thiocarbonyl (C=S) groups is 1. The second kappa shape index (κ2) is 5.89. The van der Waals surface area contributed by atoms with Gasteiger partial charge in [-0.15, -0.1) is 6.58 Å². The number of benzene rings is 1. The van der Waals surface area contributed by atoms with E-state index in [1.165, 1.54) is 16.7 Å². The number of hydrogen-bond donors (Lipinski definition) is 0. The standard InChI is InChI=1S/C16H13BrN2O2S2/c1-4-5-19-15(21)13(23-16(19)22)11-9-6-8(2)7-10(17)12(9)18(3)14(11)20/h4,6-7H,1,5H2,2-3H3. The summed E-state index contributed by atoms with van der Waals surface area (Å²) in [7, 11) is 1.71. The van der Waals surface area contributed by atoms with E-state index < -0.39 is 0 Å². The molecule has 1 saturated heterocycles. The fourth-order valence-electron chi connectivity index (χ4n) is 2.71. The molecule has 23 heavy (non-hydrogen) atoms. The zero-order valence-corrected chi connectivity index (χ0v) is 15.8. The summed E-state index contributed by atoms with van der Waals surface area (Å²) in [5.41, 5.74) is 2.99. The normalized spacial score (nSPS) is 20.6. The molecule has 7 heteroatoms. The summed E-state index contributed by atoms with van der Waals surface area (Å²) in [5.74, 6) is -0.424. The molecule has 0 N–H and O–H groups in total. The molecular formula is C16H13BrN2O2S2. The van der Waals surface area contributed by atoms with Crippen molar-refractivity contribution in [2.45, 2.75) is 6.92 Å². The van der Waals surface area contributed by atoms with E-state index in [0.717, 1.165) is 21.3 Å². The summed E-state index contributed by atoms with van der Waals surface area (Å²) in [5, 5.41) is 0. The number of fused-ring (bicyclic) bond motifs is 1. The van der Waals surface area contributed by atoms with Crippen LogP contribution in [0.25, 0.3) is 5.57 Å². The summed E-state index contributed by atoms with van der Waals surface area (Å²) in [6.45, 7) is 5.94. The van der Waals surface area contributed by atoms with Gasteiger partial charge < -0.3 is 4.90 Å². The van der Waals surface area contributed by atoms with Gasteiger partial charge in [0.25, 0.3) is 11.8 Å². The van der Waals surface area contributed by atoms with Crippen molar-refractivity contribution in [1.82, 2.24) is 4.90 Å². The highest BCUT2D eigenvalue weighted by atomic mass is 79.9. The number of anilines is 1. The molecule has 0 aromatic heterocycles. The number of hydrogen-bond acceptors (Lipinski definition) is 4. The Morgan fingerprint density at radius 3 is 2.70 bits per heavy atom. The first-order valence-corrected chi connectivity index (χ1v) is 8.86. The third kappa shape index (κ3) is 2.47. The van der Waals surface area contributed by atoms with Crippen LogP contribution in [0.5, 0.6) is 0 Å². The second-order valence-corrected chi connectivity index (χ2v) is 7.78. The SMILES string of the molecule is C=CCN1C(=O)C(=C2C(=O)N(C)c3c(Br)cc(C)cc32)SC1=S. The van der Waals surface area contributed by atoms with Gasteiger partial charge >= 0.3 is 0 Å². The summed E-state index contributed by atoms with van der Waals surface area (Å²) in [6.07, 6.45) is 1.62. The number of thioether (sulfide) groups is 1. The van der Waals surface area contributed by atoms with Gasteiger partial charge in [-0.25, -0.2) is 0 Å². The number of amides is 2. The fraction of sp³-hybridized carbons (Fsp3) is 0.188. The van der Waals surface area contributed by atoms with Gasteiger partial charge in [0.05, 0.1) is 16.2 Å². The minimum Gasteiger partial charge on any atom is -0.310 e. The van der Waals surface area contributed by atoms with Crippen molar-refractivity contribution in [2.24, 2.45) is 0 Å². The van der Waals surface area contributed by atoms with E-state index in [0.29, 0.717) is 21.3 Å². The molecule has 4 nitrogen and oxygen atoms in total. The first-order chi connectivity index (χ1) is 10.9. The Hall–Kier alpha value is -1.44. The number of carbonyl (C=O) groups is 2. The quantitative estimate of drug-likeness (QED) is 0.426. The predicted octanol–water partition coefficient (Wildman–Crippen LogP) is 3.49. The van der Waals surface area contributed by atoms with Crippen LogP contribution in [-0.4, -0.2) is 34.6 Å². The maximum atomic E-state index is 12.7. The Morgan fingerprint density at radius 1 is 1.35 bits per heavy atom. The van der Waals surface area contributed by atoms with Crippen LogP contribution in [-0.2, 0) is 9.59 Å². The van der Waals surface area contributed by atoms with Crippen molar-refractivity contribution >= 4 is 67.3 Å². The van der Waals surface area contributed by atoms with Crippen LogP contribution in [0.3, 0.4) is 0 Å². The average molecular weight is 409 g/mol. The van der Waals surface area contributed by atoms with E-state index in [-0.39, 0.29) is 11.8 Å². The first-order valence-electron chi connectivity index (χ1n) is 6.84. The van der Waals surface area contributed by atoms with Crippen molar-refractivity contribution < 1.29 is 9.59 Å². The largest absolute Gasteiger partial charge is 0.310 e. The van der Waals surface area contributed by atoms with Gasteiger partial charge in [-0.05, 0) is 40.5 Å². The number of rotatable bonds is 2. The Bertz CT molecular complexity index is 817. The Labute approximate surface area is 152 Å². The van der Waals surface area contributed by atoms with Crippen LogP contribution in [0, 0.1) is 6.92 Å². The lowest BCUT2D eigenvalue weighted by Crippen LogP contribution is -2.28. The van der Waals surface area contributed by atoms with Gasteiger partial charge in [-0.3, -0.25) is 14.5 Å². The molecule has 2 aliphatic rings. The Kier molecular flexibility index (Phi) is 4.20. The van der Waals surface area contributed by atoms with Crippen LogP contribution < -0.4 is 4.90 Å². The van der Waals surface area contributed by atoms with Gasteiger partial charge in [0.15, 0.2) is 0 Å². The van der Waals surface area contributed by atoms with Crippen molar-refractivity contribution in [3.63, 3.8) is 0 Å². The van der Waals surface area contributed by atoms with Crippen LogP contribution in [0.15, 0.2) is 34.2 Å². The molecule has 118 valence electrons. The molecule has 2 aliphatic heterocycles. The van der Waals surface area contributed by atoms with E-state index in [9.17, 15) is 9.59 Å². The number of nitrogens with zero attached hydrogens (tertiary/aromatic N) is 2. The second-order valence-electron chi connectivity index (χ2n) is 5.28. The highest BCUT2D eigenvalue weighted by Crippen LogP contribution is 2.47. The molecule has 0 spiro atoms. The minimum absolute atomic E-state index is 0.189. The molecule has 2 heterocycles. The molecular weight excluding hydrogens is 396 g/mol. The maximum absolute atomic E-state index is 12.7. The highest BCUT2D eigenvalue weighted by Gasteiger charge is 2.41. The monoisotopic (exact) mass is 408 g/mol. The number of carbonyl (C=O) groups excluding carboxylic acids is 2. The van der Waals surface area contributed by atoms with E-state index in [1.54, 1.807) is 18.0 Å². The summed E-state index contributed by atoms with van der Waals surface area (Å²) < 4.78 is 1.29. The van der Waals surface area contributed by atoms with E-state index in [1.807, 2.05) is 19.1 Å². The molecule has 0 aliphatic carbocycles. The molecule has 1 fully saturated rings. The lowest BCUT2D eigenvalue weighted by Gasteiger charge is -2.11. The molecule has 0 atom stereocenters. The zero-order valence-electron chi connectivity index (χ0n) is 12.6. The Balaban J connectivity index is 2.22. The summed E-state index contributed by atoms with van der Waals surface area (Å²) in [6, 6.07) is 3.88. The first kappa shape index (κ1) is 16.4. The van der Waals surface area contributed by atoms with Crippen LogP contribution >= 0.6 is 39.9 Å².